The van der Waals surface area contributed by atoms with E-state index in [1.54, 1.807) is 36.6 Å². The number of furan rings is 1. The second kappa shape index (κ2) is 6.17. The average Bonchev–Trinajstić information content (AvgIpc) is 3.22. The highest BCUT2D eigenvalue weighted by Crippen LogP contribution is 2.41. The fourth-order valence-corrected chi connectivity index (χ4v) is 5.04. The molecule has 4 rings (SSSR count). The first-order valence-electron chi connectivity index (χ1n) is 8.36. The molecule has 0 radical (unpaired) electrons. The molecule has 26 heavy (non-hydrogen) atoms. The molecule has 1 N–H and O–H groups in total. The van der Waals surface area contributed by atoms with Crippen molar-refractivity contribution in [1.82, 2.24) is 5.32 Å². The van der Waals surface area contributed by atoms with Crippen molar-refractivity contribution in [2.45, 2.75) is 24.3 Å². The van der Waals surface area contributed by atoms with E-state index in [1.807, 2.05) is 25.1 Å². The number of rotatable bonds is 5. The molecule has 134 valence electrons. The van der Waals surface area contributed by atoms with Crippen molar-refractivity contribution in [1.29, 1.82) is 0 Å². The fraction of sp³-hybridized carbons (Fsp3) is 0.211. The largest absolute Gasteiger partial charge is 0.467 e. The monoisotopic (exact) mass is 370 g/mol. The fourth-order valence-electron chi connectivity index (χ4n) is 3.32. The van der Waals surface area contributed by atoms with Gasteiger partial charge in [0.25, 0.3) is 10.0 Å². The molecule has 0 fully saturated rings. The number of carbonyl (C=O) groups excluding carboxylic acids is 1. The van der Waals surface area contributed by atoms with Crippen LogP contribution in [-0.2, 0) is 14.8 Å². The van der Waals surface area contributed by atoms with Crippen LogP contribution in [0.2, 0.25) is 0 Å². The highest BCUT2D eigenvalue weighted by molar-refractivity contribution is 7.93. The molecule has 1 aliphatic rings. The molecule has 6 nitrogen and oxygen atoms in total. The van der Waals surface area contributed by atoms with Crippen molar-refractivity contribution in [3.63, 3.8) is 0 Å². The van der Waals surface area contributed by atoms with Crippen LogP contribution in [0.15, 0.2) is 64.1 Å². The van der Waals surface area contributed by atoms with Gasteiger partial charge >= 0.3 is 0 Å². The van der Waals surface area contributed by atoms with Gasteiger partial charge in [0.05, 0.1) is 22.9 Å². The third-order valence-electron chi connectivity index (χ3n) is 4.57. The van der Waals surface area contributed by atoms with Gasteiger partial charge in [0, 0.05) is 18.4 Å². The van der Waals surface area contributed by atoms with Gasteiger partial charge in [-0.3, -0.25) is 9.10 Å². The first-order valence-corrected chi connectivity index (χ1v) is 9.80. The summed E-state index contributed by atoms with van der Waals surface area (Å²) in [6, 6.07) is 14.0. The molecule has 0 bridgehead atoms. The van der Waals surface area contributed by atoms with Gasteiger partial charge < -0.3 is 9.73 Å². The van der Waals surface area contributed by atoms with Crippen LogP contribution in [0.3, 0.4) is 0 Å². The quantitative estimate of drug-likeness (QED) is 0.748. The first-order chi connectivity index (χ1) is 12.5. The number of hydrogen-bond donors (Lipinski definition) is 1. The Balaban J connectivity index is 1.53. The summed E-state index contributed by atoms with van der Waals surface area (Å²) in [5.41, 5.74) is 0.630. The van der Waals surface area contributed by atoms with Crippen LogP contribution in [0.4, 0.5) is 5.69 Å². The van der Waals surface area contributed by atoms with E-state index in [2.05, 4.69) is 5.32 Å². The normalized spacial score (nSPS) is 16.0. The zero-order chi connectivity index (χ0) is 18.3. The van der Waals surface area contributed by atoms with E-state index in [1.165, 1.54) is 4.31 Å². The van der Waals surface area contributed by atoms with Crippen LogP contribution in [0.5, 0.6) is 0 Å². The number of carbonyl (C=O) groups is 1. The summed E-state index contributed by atoms with van der Waals surface area (Å²) in [4.78, 5) is 12.6. The molecule has 0 saturated heterocycles. The van der Waals surface area contributed by atoms with Crippen LogP contribution < -0.4 is 9.62 Å². The summed E-state index contributed by atoms with van der Waals surface area (Å²) >= 11 is 0. The van der Waals surface area contributed by atoms with Gasteiger partial charge in [0.15, 0.2) is 0 Å². The van der Waals surface area contributed by atoms with Crippen LogP contribution in [-0.4, -0.2) is 20.9 Å². The lowest BCUT2D eigenvalue weighted by Crippen LogP contribution is -2.33. The van der Waals surface area contributed by atoms with E-state index < -0.39 is 10.0 Å². The van der Waals surface area contributed by atoms with Crippen molar-refractivity contribution >= 4 is 32.4 Å². The molecule has 1 aliphatic heterocycles. The lowest BCUT2D eigenvalue weighted by Gasteiger charge is -2.19. The molecule has 2 aromatic carbocycles. The van der Waals surface area contributed by atoms with Gasteiger partial charge in [0.1, 0.15) is 5.76 Å². The molecule has 0 aliphatic carbocycles. The summed E-state index contributed by atoms with van der Waals surface area (Å²) in [6.07, 6.45) is 1.61. The molecule has 1 atom stereocenters. The van der Waals surface area contributed by atoms with Gasteiger partial charge in [0.2, 0.25) is 5.91 Å². The van der Waals surface area contributed by atoms with Crippen molar-refractivity contribution in [3.8, 4) is 0 Å². The Bertz CT molecular complexity index is 1070. The Morgan fingerprint density at radius 2 is 1.92 bits per heavy atom. The number of sulfonamides is 1. The summed E-state index contributed by atoms with van der Waals surface area (Å²) in [5.74, 6) is 0.427. The van der Waals surface area contributed by atoms with Gasteiger partial charge in [-0.25, -0.2) is 8.42 Å². The van der Waals surface area contributed by atoms with E-state index in [0.29, 0.717) is 16.3 Å². The zero-order valence-electron chi connectivity index (χ0n) is 14.2. The lowest BCUT2D eigenvalue weighted by atomic mass is 10.1. The third-order valence-corrected chi connectivity index (χ3v) is 6.43. The predicted molar refractivity (Wildman–Crippen MR) is 98.4 cm³/mol. The topological polar surface area (TPSA) is 79.6 Å². The number of amides is 1. The van der Waals surface area contributed by atoms with Crippen molar-refractivity contribution < 1.29 is 17.6 Å². The highest BCUT2D eigenvalue weighted by Gasteiger charge is 2.35. The molecular weight excluding hydrogens is 352 g/mol. The number of anilines is 1. The highest BCUT2D eigenvalue weighted by atomic mass is 32.2. The molecule has 1 unspecified atom stereocenters. The van der Waals surface area contributed by atoms with Gasteiger partial charge in [-0.15, -0.1) is 0 Å². The van der Waals surface area contributed by atoms with Gasteiger partial charge in [-0.2, -0.15) is 0 Å². The number of benzene rings is 2. The maximum absolute atomic E-state index is 12.9. The standard InChI is InChI=1S/C19H18N2O4S/c1-13(16-8-4-12-25-16)20-18(22)10-11-21-15-7-2-5-14-6-3-9-17(19(14)15)26(21,23)24/h2-9,12-13H,10-11H2,1H3,(H,20,22). The summed E-state index contributed by atoms with van der Waals surface area (Å²) < 4.78 is 32.3. The van der Waals surface area contributed by atoms with Gasteiger partial charge in [-0.05, 0) is 36.6 Å². The van der Waals surface area contributed by atoms with E-state index in [0.717, 1.165) is 10.8 Å². The first kappa shape index (κ1) is 16.7. The molecule has 0 saturated carbocycles. The molecule has 1 aromatic heterocycles. The predicted octanol–water partition coefficient (Wildman–Crippen LogP) is 3.21. The van der Waals surface area contributed by atoms with Crippen LogP contribution in [0, 0.1) is 0 Å². The minimum atomic E-state index is -3.63. The number of nitrogens with zero attached hydrogens (tertiary/aromatic N) is 1. The maximum atomic E-state index is 12.9. The van der Waals surface area contributed by atoms with Crippen molar-refractivity contribution in [3.05, 3.63) is 60.6 Å². The smallest absolute Gasteiger partial charge is 0.265 e. The summed E-state index contributed by atoms with van der Waals surface area (Å²) in [5, 5.41) is 4.42. The molecule has 3 aromatic rings. The Labute approximate surface area is 151 Å². The molecule has 2 heterocycles. The van der Waals surface area contributed by atoms with Crippen molar-refractivity contribution in [2.75, 3.05) is 10.8 Å². The second-order valence-corrected chi connectivity index (χ2v) is 8.09. The minimum absolute atomic E-state index is 0.0641. The number of nitrogens with one attached hydrogen (secondary N) is 1. The zero-order valence-corrected chi connectivity index (χ0v) is 15.0. The van der Waals surface area contributed by atoms with E-state index in [4.69, 9.17) is 4.42 Å². The Kier molecular flexibility index (Phi) is 3.96. The molecule has 7 heteroatoms. The van der Waals surface area contributed by atoms with Crippen LogP contribution in [0.25, 0.3) is 10.8 Å². The van der Waals surface area contributed by atoms with E-state index in [9.17, 15) is 13.2 Å². The van der Waals surface area contributed by atoms with E-state index >= 15 is 0 Å². The molecule has 1 amide bonds. The lowest BCUT2D eigenvalue weighted by molar-refractivity contribution is -0.121. The Morgan fingerprint density at radius 3 is 2.65 bits per heavy atom. The average molecular weight is 370 g/mol. The molecular formula is C19H18N2O4S. The van der Waals surface area contributed by atoms with Crippen molar-refractivity contribution in [2.24, 2.45) is 0 Å². The van der Waals surface area contributed by atoms with E-state index in [-0.39, 0.29) is 24.9 Å². The Hall–Kier alpha value is -2.80. The third kappa shape index (κ3) is 2.64. The maximum Gasteiger partial charge on any atom is 0.265 e. The summed E-state index contributed by atoms with van der Waals surface area (Å²) in [6.45, 7) is 1.91. The SMILES string of the molecule is CC(NC(=O)CCN1c2cccc3cccc(c23)S1(=O)=O)c1ccco1. The minimum Gasteiger partial charge on any atom is -0.467 e. The van der Waals surface area contributed by atoms with Crippen LogP contribution in [0.1, 0.15) is 25.1 Å². The van der Waals surface area contributed by atoms with Crippen LogP contribution >= 0.6 is 0 Å². The Morgan fingerprint density at radius 1 is 1.15 bits per heavy atom. The molecule has 0 spiro atoms. The van der Waals surface area contributed by atoms with Gasteiger partial charge in [-0.1, -0.05) is 24.3 Å². The summed E-state index contributed by atoms with van der Waals surface area (Å²) in [7, 11) is -3.63. The second-order valence-electron chi connectivity index (χ2n) is 6.26. The number of hydrogen-bond acceptors (Lipinski definition) is 4.